The molecule has 0 spiro atoms. The van der Waals surface area contributed by atoms with Gasteiger partial charge in [0.2, 0.25) is 0 Å². The monoisotopic (exact) mass is 345 g/mol. The summed E-state index contributed by atoms with van der Waals surface area (Å²) < 4.78 is 6.98. The summed E-state index contributed by atoms with van der Waals surface area (Å²) in [6.45, 7) is 2.12. The van der Waals surface area contributed by atoms with E-state index in [2.05, 4.69) is 70.6 Å². The molecule has 0 saturated heterocycles. The first-order chi connectivity index (χ1) is 10.2. The number of hydrogen-bond acceptors (Lipinski definition) is 2. The second-order valence-corrected chi connectivity index (χ2v) is 6.38. The van der Waals surface area contributed by atoms with Gasteiger partial charge in [-0.25, -0.2) is 0 Å². The molecule has 2 aromatic rings. The Balaban J connectivity index is 1.86. The molecule has 0 radical (unpaired) electrons. The van der Waals surface area contributed by atoms with Gasteiger partial charge >= 0.3 is 0 Å². The Morgan fingerprint density at radius 1 is 1.14 bits per heavy atom. The molecular formula is C18H20BrNO. The van der Waals surface area contributed by atoms with Gasteiger partial charge in [0.25, 0.3) is 0 Å². The average molecular weight is 346 g/mol. The summed E-state index contributed by atoms with van der Waals surface area (Å²) in [6, 6.07) is 15.0. The topological polar surface area (TPSA) is 21.3 Å². The van der Waals surface area contributed by atoms with Crippen LogP contribution in [0.15, 0.2) is 46.9 Å². The smallest absolute Gasteiger partial charge is 0.119 e. The molecule has 0 heterocycles. The van der Waals surface area contributed by atoms with E-state index < -0.39 is 0 Å². The molecule has 1 aliphatic carbocycles. The Morgan fingerprint density at radius 3 is 2.48 bits per heavy atom. The largest absolute Gasteiger partial charge is 0.490 e. The highest BCUT2D eigenvalue weighted by Gasteiger charge is 2.23. The first kappa shape index (κ1) is 14.6. The first-order valence-corrected chi connectivity index (χ1v) is 8.17. The fourth-order valence-electron chi connectivity index (χ4n) is 2.51. The van der Waals surface area contributed by atoms with Crippen molar-refractivity contribution in [1.29, 1.82) is 0 Å². The zero-order valence-corrected chi connectivity index (χ0v) is 14.0. The van der Waals surface area contributed by atoms with Crippen molar-refractivity contribution in [2.75, 3.05) is 7.05 Å². The van der Waals surface area contributed by atoms with E-state index in [1.807, 2.05) is 7.05 Å². The van der Waals surface area contributed by atoms with Gasteiger partial charge in [-0.1, -0.05) is 46.3 Å². The van der Waals surface area contributed by atoms with E-state index in [0.717, 1.165) is 5.75 Å². The van der Waals surface area contributed by atoms with Gasteiger partial charge in [-0.05, 0) is 55.6 Å². The van der Waals surface area contributed by atoms with Crippen molar-refractivity contribution in [3.63, 3.8) is 0 Å². The Labute approximate surface area is 134 Å². The van der Waals surface area contributed by atoms with Gasteiger partial charge in [-0.2, -0.15) is 0 Å². The molecule has 0 amide bonds. The predicted octanol–water partition coefficient (Wildman–Crippen LogP) is 4.61. The fourth-order valence-corrected chi connectivity index (χ4v) is 3.01. The van der Waals surface area contributed by atoms with E-state index in [1.54, 1.807) is 0 Å². The highest BCUT2D eigenvalue weighted by Crippen LogP contribution is 2.32. The lowest BCUT2D eigenvalue weighted by Gasteiger charge is -2.20. The average Bonchev–Trinajstić information content (AvgIpc) is 3.30. The van der Waals surface area contributed by atoms with Crippen molar-refractivity contribution < 1.29 is 4.74 Å². The van der Waals surface area contributed by atoms with E-state index in [9.17, 15) is 0 Å². The number of nitrogens with one attached hydrogen (secondary N) is 1. The van der Waals surface area contributed by atoms with E-state index in [-0.39, 0.29) is 6.04 Å². The summed E-state index contributed by atoms with van der Waals surface area (Å²) in [5, 5.41) is 3.40. The predicted molar refractivity (Wildman–Crippen MR) is 89.9 cm³/mol. The van der Waals surface area contributed by atoms with Crippen molar-refractivity contribution in [2.24, 2.45) is 0 Å². The number of rotatable bonds is 5. The van der Waals surface area contributed by atoms with Crippen molar-refractivity contribution in [3.05, 3.63) is 63.6 Å². The second kappa shape index (κ2) is 6.20. The van der Waals surface area contributed by atoms with Gasteiger partial charge in [-0.15, -0.1) is 0 Å². The minimum absolute atomic E-state index is 0.175. The van der Waals surface area contributed by atoms with Crippen molar-refractivity contribution in [3.8, 4) is 5.75 Å². The van der Waals surface area contributed by atoms with Gasteiger partial charge in [0.1, 0.15) is 5.75 Å². The molecule has 1 unspecified atom stereocenters. The first-order valence-electron chi connectivity index (χ1n) is 7.38. The molecule has 1 N–H and O–H groups in total. The molecule has 2 nitrogen and oxygen atoms in total. The summed E-state index contributed by atoms with van der Waals surface area (Å²) in [5.41, 5.74) is 3.75. The normalized spacial score (nSPS) is 15.8. The van der Waals surface area contributed by atoms with Crippen molar-refractivity contribution in [2.45, 2.75) is 31.9 Å². The third kappa shape index (κ3) is 3.30. The SMILES string of the molecule is CNC(c1ccc(OC2CC2)cc1)c1cccc(C)c1Br. The summed E-state index contributed by atoms with van der Waals surface area (Å²) in [4.78, 5) is 0. The van der Waals surface area contributed by atoms with Crippen LogP contribution in [0.1, 0.15) is 35.6 Å². The maximum Gasteiger partial charge on any atom is 0.119 e. The third-order valence-electron chi connectivity index (χ3n) is 3.86. The Hall–Kier alpha value is -1.32. The van der Waals surface area contributed by atoms with E-state index in [1.165, 1.54) is 34.0 Å². The van der Waals surface area contributed by atoms with Gasteiger partial charge in [-0.3, -0.25) is 0 Å². The molecule has 0 aromatic heterocycles. The maximum absolute atomic E-state index is 5.81. The zero-order valence-electron chi connectivity index (χ0n) is 12.4. The lowest BCUT2D eigenvalue weighted by Crippen LogP contribution is -2.18. The number of ether oxygens (including phenoxy) is 1. The molecule has 0 bridgehead atoms. The maximum atomic E-state index is 5.81. The lowest BCUT2D eigenvalue weighted by molar-refractivity contribution is 0.303. The molecule has 21 heavy (non-hydrogen) atoms. The fraction of sp³-hybridized carbons (Fsp3) is 0.333. The van der Waals surface area contributed by atoms with Crippen molar-refractivity contribution >= 4 is 15.9 Å². The van der Waals surface area contributed by atoms with Crippen LogP contribution in [-0.2, 0) is 0 Å². The van der Waals surface area contributed by atoms with Gasteiger partial charge in [0.05, 0.1) is 12.1 Å². The minimum Gasteiger partial charge on any atom is -0.490 e. The summed E-state index contributed by atoms with van der Waals surface area (Å²) in [7, 11) is 1.99. The molecule has 110 valence electrons. The Bertz CT molecular complexity index is 620. The number of benzene rings is 2. The highest BCUT2D eigenvalue weighted by molar-refractivity contribution is 9.10. The van der Waals surface area contributed by atoms with E-state index in [0.29, 0.717) is 6.10 Å². The minimum atomic E-state index is 0.175. The molecule has 3 rings (SSSR count). The van der Waals surface area contributed by atoms with Crippen LogP contribution in [0.5, 0.6) is 5.75 Å². The van der Waals surface area contributed by atoms with Crippen LogP contribution in [-0.4, -0.2) is 13.2 Å². The molecule has 1 fully saturated rings. The lowest BCUT2D eigenvalue weighted by atomic mass is 9.97. The highest BCUT2D eigenvalue weighted by atomic mass is 79.9. The molecule has 3 heteroatoms. The standard InChI is InChI=1S/C18H20BrNO/c1-12-4-3-5-16(17(12)19)18(20-2)13-6-8-14(9-7-13)21-15-10-11-15/h3-9,15,18,20H,10-11H2,1-2H3. The van der Waals surface area contributed by atoms with Crippen LogP contribution < -0.4 is 10.1 Å². The Morgan fingerprint density at radius 2 is 1.86 bits per heavy atom. The molecule has 2 aromatic carbocycles. The van der Waals surface area contributed by atoms with Crippen LogP contribution in [0, 0.1) is 6.92 Å². The summed E-state index contributed by atoms with van der Waals surface area (Å²) >= 11 is 3.71. The molecule has 0 aliphatic heterocycles. The second-order valence-electron chi connectivity index (χ2n) is 5.59. The van der Waals surface area contributed by atoms with Crippen LogP contribution in [0.2, 0.25) is 0 Å². The molecular weight excluding hydrogens is 326 g/mol. The van der Waals surface area contributed by atoms with Crippen LogP contribution in [0.3, 0.4) is 0 Å². The van der Waals surface area contributed by atoms with Crippen molar-refractivity contribution in [1.82, 2.24) is 5.32 Å². The summed E-state index contributed by atoms with van der Waals surface area (Å²) in [5.74, 6) is 0.972. The van der Waals surface area contributed by atoms with E-state index >= 15 is 0 Å². The van der Waals surface area contributed by atoms with E-state index in [4.69, 9.17) is 4.74 Å². The van der Waals surface area contributed by atoms with Crippen LogP contribution in [0.4, 0.5) is 0 Å². The van der Waals surface area contributed by atoms with Gasteiger partial charge in [0, 0.05) is 4.47 Å². The number of aryl methyl sites for hydroxylation is 1. The molecule has 1 aliphatic rings. The number of hydrogen-bond donors (Lipinski definition) is 1. The van der Waals surface area contributed by atoms with Crippen LogP contribution >= 0.6 is 15.9 Å². The molecule has 1 saturated carbocycles. The molecule has 1 atom stereocenters. The zero-order chi connectivity index (χ0) is 14.8. The van der Waals surface area contributed by atoms with Crippen LogP contribution in [0.25, 0.3) is 0 Å². The van der Waals surface area contributed by atoms with Gasteiger partial charge in [0.15, 0.2) is 0 Å². The Kier molecular flexibility index (Phi) is 4.32. The quantitative estimate of drug-likeness (QED) is 0.854. The number of halogens is 1. The summed E-state index contributed by atoms with van der Waals surface area (Å²) in [6.07, 6.45) is 2.83. The van der Waals surface area contributed by atoms with Gasteiger partial charge < -0.3 is 10.1 Å². The third-order valence-corrected chi connectivity index (χ3v) is 4.95.